The Balaban J connectivity index is 1.15. The van der Waals surface area contributed by atoms with Crippen molar-refractivity contribution in [3.8, 4) is 45.3 Å². The van der Waals surface area contributed by atoms with Gasteiger partial charge in [-0.3, -0.25) is 0 Å². The zero-order chi connectivity index (χ0) is 48.5. The summed E-state index contributed by atoms with van der Waals surface area (Å²) in [5.41, 5.74) is 24.5. The zero-order valence-corrected chi connectivity index (χ0v) is 44.1. The van der Waals surface area contributed by atoms with Crippen LogP contribution in [0.15, 0.2) is 84.9 Å². The summed E-state index contributed by atoms with van der Waals surface area (Å²) in [7, 11) is 0. The number of hydrogen-bond donors (Lipinski definition) is 0. The molecule has 0 bridgehead atoms. The Morgan fingerprint density at radius 3 is 1.07 bits per heavy atom. The Kier molecular flexibility index (Phi) is 8.36. The van der Waals surface area contributed by atoms with Gasteiger partial charge in [-0.15, -0.1) is 0 Å². The lowest BCUT2D eigenvalue weighted by Gasteiger charge is -2.38. The van der Waals surface area contributed by atoms with E-state index in [-0.39, 0.29) is 35.6 Å². The molecule has 6 aliphatic heterocycles. The van der Waals surface area contributed by atoms with Crippen LogP contribution in [-0.4, -0.2) is 14.0 Å². The molecule has 0 aliphatic carbocycles. The van der Waals surface area contributed by atoms with Crippen molar-refractivity contribution in [2.75, 3.05) is 19.2 Å². The lowest BCUT2D eigenvalue weighted by molar-refractivity contribution is 0.471. The Labute approximate surface area is 414 Å². The third-order valence-electron chi connectivity index (χ3n) is 16.3. The van der Waals surface area contributed by atoms with Gasteiger partial charge in [0.15, 0.2) is 11.5 Å². The van der Waals surface area contributed by atoms with E-state index < -0.39 is 0 Å². The lowest BCUT2D eigenvalue weighted by atomic mass is 9.60. The van der Waals surface area contributed by atoms with Gasteiger partial charge in [-0.2, -0.15) is 11.3 Å². The molecule has 0 fully saturated rings. The summed E-state index contributed by atoms with van der Waals surface area (Å²) in [5, 5.41) is 0. The third-order valence-corrected chi connectivity index (χ3v) is 17.5. The SMILES string of the molecule is Cc1cc2c3c(c1C)Oc1cc(C(C)(C)C)ccc1N3B1c3sc4c(c3-c3cc(C(C)(C)C)ccc3N12)-c1cc(C(C)(C)C)ccc1N1B4N2c3ccc(C(C)(C)C)cc3Oc3c(C)c(C)cc1c32. The van der Waals surface area contributed by atoms with Crippen LogP contribution in [0.25, 0.3) is 22.3 Å². The number of thiophene rings is 1. The number of fused-ring (bicyclic) bond motifs is 21. The van der Waals surface area contributed by atoms with Crippen molar-refractivity contribution in [3.05, 3.63) is 129 Å². The first-order valence-corrected chi connectivity index (χ1v) is 25.8. The molecule has 1 aromatic heterocycles. The first-order chi connectivity index (χ1) is 32.4. The molecule has 0 amide bonds. The van der Waals surface area contributed by atoms with E-state index in [9.17, 15) is 0 Å². The van der Waals surface area contributed by atoms with Gasteiger partial charge in [-0.25, -0.2) is 0 Å². The topological polar surface area (TPSA) is 31.4 Å². The Hall–Kier alpha value is -6.05. The van der Waals surface area contributed by atoms with E-state index in [4.69, 9.17) is 9.47 Å². The number of anilines is 8. The fourth-order valence-electron chi connectivity index (χ4n) is 12.0. The fraction of sp³-hybridized carbons (Fsp3) is 0.333. The van der Waals surface area contributed by atoms with Crippen LogP contribution < -0.4 is 38.3 Å². The molecular weight excluding hydrogens is 862 g/mol. The summed E-state index contributed by atoms with van der Waals surface area (Å²) in [6.07, 6.45) is 0. The highest BCUT2D eigenvalue weighted by Crippen LogP contribution is 2.65. The number of benzene rings is 6. The van der Waals surface area contributed by atoms with E-state index in [0.717, 1.165) is 45.7 Å². The summed E-state index contributed by atoms with van der Waals surface area (Å²) in [5.74, 6) is 3.76. The molecule has 6 aliphatic rings. The molecule has 7 heterocycles. The van der Waals surface area contributed by atoms with Gasteiger partial charge < -0.3 is 28.7 Å². The maximum Gasteiger partial charge on any atom is 0.432 e. The maximum absolute atomic E-state index is 7.17. The van der Waals surface area contributed by atoms with Crippen molar-refractivity contribution in [1.29, 1.82) is 0 Å². The molecule has 0 radical (unpaired) electrons. The monoisotopic (exact) mass is 924 g/mol. The minimum absolute atomic E-state index is 0.0373. The molecule has 69 heavy (non-hydrogen) atoms. The molecule has 0 saturated heterocycles. The Bertz CT molecular complexity index is 3260. The number of aryl methyl sites for hydroxylation is 2. The molecule has 0 N–H and O–H groups in total. The summed E-state index contributed by atoms with van der Waals surface area (Å²) in [4.78, 5) is 10.6. The second-order valence-corrected chi connectivity index (χ2v) is 26.0. The number of ether oxygens (including phenoxy) is 2. The molecule has 0 saturated carbocycles. The van der Waals surface area contributed by atoms with Crippen LogP contribution in [0.1, 0.15) is 128 Å². The minimum atomic E-state index is -0.153. The van der Waals surface area contributed by atoms with Crippen molar-refractivity contribution in [1.82, 2.24) is 0 Å². The maximum atomic E-state index is 7.17. The Morgan fingerprint density at radius 1 is 0.391 bits per heavy atom. The van der Waals surface area contributed by atoms with Gasteiger partial charge in [0.2, 0.25) is 0 Å². The van der Waals surface area contributed by atoms with Crippen LogP contribution in [0, 0.1) is 27.7 Å². The number of rotatable bonds is 0. The average Bonchev–Trinajstić information content (AvgIpc) is 3.95. The van der Waals surface area contributed by atoms with Crippen molar-refractivity contribution in [3.63, 3.8) is 0 Å². The molecule has 9 heteroatoms. The van der Waals surface area contributed by atoms with E-state index in [1.807, 2.05) is 11.3 Å². The van der Waals surface area contributed by atoms with Crippen LogP contribution >= 0.6 is 11.3 Å². The van der Waals surface area contributed by atoms with Crippen LogP contribution in [0.4, 0.5) is 45.5 Å². The Morgan fingerprint density at radius 2 is 0.725 bits per heavy atom. The molecule has 0 spiro atoms. The van der Waals surface area contributed by atoms with Gasteiger partial charge in [-0.1, -0.05) is 107 Å². The van der Waals surface area contributed by atoms with Crippen molar-refractivity contribution in [2.45, 2.75) is 132 Å². The van der Waals surface area contributed by atoms with Gasteiger partial charge in [0.1, 0.15) is 11.5 Å². The molecular formula is C60H62B2N4O2S. The smallest absolute Gasteiger partial charge is 0.432 e. The summed E-state index contributed by atoms with van der Waals surface area (Å²) in [6.45, 7) is 36.5. The second kappa shape index (κ2) is 13.4. The van der Waals surface area contributed by atoms with Gasteiger partial charge >= 0.3 is 14.0 Å². The standard InChI is InChI=1S/C60H62B2N4O2S/c1-31-25-45-51-53(33(31)3)67-47-29-37(59(11,12)13)19-23-43(47)65(51)61-55-49(39-27-35(57(5,6)7)17-21-41(39)63(45)61)50-40-28-36(58(8,9)10)18-22-42(40)64-46-26-32(2)34(4)54-52(46)66(62(64)56(50)69-55)44-24-20-38(60(14,15)16)30-48(44)68-54/h17-30H,1-16H3. The molecule has 6 nitrogen and oxygen atoms in total. The third kappa shape index (κ3) is 5.68. The highest BCUT2D eigenvalue weighted by atomic mass is 32.1. The van der Waals surface area contributed by atoms with Crippen molar-refractivity contribution < 1.29 is 9.47 Å². The van der Waals surface area contributed by atoms with Gasteiger partial charge in [0.25, 0.3) is 0 Å². The lowest BCUT2D eigenvalue weighted by Crippen LogP contribution is -2.55. The van der Waals surface area contributed by atoms with Gasteiger partial charge in [-0.05, 0) is 155 Å². The summed E-state index contributed by atoms with van der Waals surface area (Å²) in [6, 6.07) is 33.4. The van der Waals surface area contributed by atoms with E-state index >= 15 is 0 Å². The quantitative estimate of drug-likeness (QED) is 0.141. The first-order valence-electron chi connectivity index (χ1n) is 25.0. The fourth-order valence-corrected chi connectivity index (χ4v) is 13.5. The normalized spacial score (nSPS) is 15.6. The predicted octanol–water partition coefficient (Wildman–Crippen LogP) is 15.7. The molecule has 6 aromatic carbocycles. The van der Waals surface area contributed by atoms with E-state index in [0.29, 0.717) is 0 Å². The van der Waals surface area contributed by atoms with E-state index in [1.54, 1.807) is 0 Å². The van der Waals surface area contributed by atoms with Crippen molar-refractivity contribution in [2.24, 2.45) is 0 Å². The second-order valence-electron chi connectivity index (χ2n) is 24.9. The predicted molar refractivity (Wildman–Crippen MR) is 294 cm³/mol. The summed E-state index contributed by atoms with van der Waals surface area (Å²) < 4.78 is 17.0. The van der Waals surface area contributed by atoms with Crippen LogP contribution in [0.5, 0.6) is 23.0 Å². The molecule has 7 aromatic rings. The molecule has 346 valence electrons. The van der Waals surface area contributed by atoms with Gasteiger partial charge in [0.05, 0.1) is 34.1 Å². The largest absolute Gasteiger partial charge is 0.453 e. The average molecular weight is 925 g/mol. The van der Waals surface area contributed by atoms with Crippen LogP contribution in [0.2, 0.25) is 0 Å². The zero-order valence-electron chi connectivity index (χ0n) is 43.3. The minimum Gasteiger partial charge on any atom is -0.453 e. The molecule has 0 unspecified atom stereocenters. The van der Waals surface area contributed by atoms with Crippen LogP contribution in [-0.2, 0) is 21.7 Å². The highest BCUT2D eigenvalue weighted by Gasteiger charge is 2.58. The first kappa shape index (κ1) is 43.0. The number of nitrogens with zero attached hydrogens (tertiary/aromatic N) is 4. The highest BCUT2D eigenvalue weighted by molar-refractivity contribution is 7.35. The van der Waals surface area contributed by atoms with Crippen LogP contribution in [0.3, 0.4) is 0 Å². The van der Waals surface area contributed by atoms with E-state index in [1.165, 1.54) is 99.1 Å². The molecule has 13 rings (SSSR count). The van der Waals surface area contributed by atoms with Gasteiger partial charge in [0, 0.05) is 43.2 Å². The molecule has 0 atom stereocenters. The van der Waals surface area contributed by atoms with Crippen molar-refractivity contribution >= 4 is 80.4 Å². The summed E-state index contributed by atoms with van der Waals surface area (Å²) >= 11 is 2.02. The number of hydrogen-bond acceptors (Lipinski definition) is 7. The van der Waals surface area contributed by atoms with E-state index in [2.05, 4.69) is 215 Å².